The van der Waals surface area contributed by atoms with E-state index in [0.717, 1.165) is 0 Å². The summed E-state index contributed by atoms with van der Waals surface area (Å²) in [5, 5.41) is 0. The van der Waals surface area contributed by atoms with Crippen LogP contribution in [0.1, 0.15) is 26.5 Å². The molecule has 0 aromatic carbocycles. The van der Waals surface area contributed by atoms with E-state index in [2.05, 4.69) is 9.97 Å². The maximum absolute atomic E-state index is 11.2. The van der Waals surface area contributed by atoms with Crippen molar-refractivity contribution in [3.63, 3.8) is 0 Å². The second-order valence-corrected chi connectivity index (χ2v) is 4.14. The van der Waals surface area contributed by atoms with Gasteiger partial charge < -0.3 is 15.2 Å². The SMILES string of the molecule is CC(C)(C)OC(=O)OCc1nccnc1N. The smallest absolute Gasteiger partial charge is 0.429 e. The summed E-state index contributed by atoms with van der Waals surface area (Å²) in [5.41, 5.74) is 5.36. The highest BCUT2D eigenvalue weighted by Crippen LogP contribution is 2.10. The zero-order valence-electron chi connectivity index (χ0n) is 9.56. The van der Waals surface area contributed by atoms with Crippen LogP contribution < -0.4 is 5.73 Å². The maximum atomic E-state index is 11.2. The maximum Gasteiger partial charge on any atom is 0.509 e. The van der Waals surface area contributed by atoms with E-state index in [1.165, 1.54) is 12.4 Å². The van der Waals surface area contributed by atoms with Gasteiger partial charge in [0.2, 0.25) is 0 Å². The van der Waals surface area contributed by atoms with Gasteiger partial charge >= 0.3 is 6.16 Å². The van der Waals surface area contributed by atoms with Gasteiger partial charge in [-0.2, -0.15) is 0 Å². The molecular weight excluding hydrogens is 210 g/mol. The molecule has 0 amide bonds. The minimum absolute atomic E-state index is 0.0470. The molecule has 1 aromatic heterocycles. The average Bonchev–Trinajstić information content (AvgIpc) is 2.14. The summed E-state index contributed by atoms with van der Waals surface area (Å²) in [6.45, 7) is 5.22. The van der Waals surface area contributed by atoms with Gasteiger partial charge in [0.15, 0.2) is 0 Å². The molecule has 0 aliphatic rings. The first-order valence-corrected chi connectivity index (χ1v) is 4.79. The van der Waals surface area contributed by atoms with Gasteiger partial charge in [0.25, 0.3) is 0 Å². The first-order valence-electron chi connectivity index (χ1n) is 4.79. The number of aromatic nitrogens is 2. The fourth-order valence-corrected chi connectivity index (χ4v) is 0.896. The molecule has 0 saturated carbocycles. The van der Waals surface area contributed by atoms with Gasteiger partial charge in [0.1, 0.15) is 23.7 Å². The minimum atomic E-state index is -0.752. The molecule has 88 valence electrons. The van der Waals surface area contributed by atoms with Crippen LogP contribution >= 0.6 is 0 Å². The van der Waals surface area contributed by atoms with Crippen molar-refractivity contribution in [3.05, 3.63) is 18.1 Å². The lowest BCUT2D eigenvalue weighted by Gasteiger charge is -2.18. The quantitative estimate of drug-likeness (QED) is 0.767. The van der Waals surface area contributed by atoms with Crippen LogP contribution in [0.3, 0.4) is 0 Å². The van der Waals surface area contributed by atoms with Crippen molar-refractivity contribution >= 4 is 12.0 Å². The highest BCUT2D eigenvalue weighted by molar-refractivity contribution is 5.60. The second-order valence-electron chi connectivity index (χ2n) is 4.14. The molecule has 0 saturated heterocycles. The molecule has 0 bridgehead atoms. The molecule has 0 spiro atoms. The number of nitrogens with zero attached hydrogens (tertiary/aromatic N) is 2. The molecule has 0 fully saturated rings. The van der Waals surface area contributed by atoms with E-state index < -0.39 is 11.8 Å². The first kappa shape index (κ1) is 12.2. The van der Waals surface area contributed by atoms with Crippen molar-refractivity contribution in [2.75, 3.05) is 5.73 Å². The van der Waals surface area contributed by atoms with Crippen molar-refractivity contribution in [3.8, 4) is 0 Å². The van der Waals surface area contributed by atoms with Crippen LogP contribution in [0.5, 0.6) is 0 Å². The molecule has 6 heteroatoms. The van der Waals surface area contributed by atoms with Crippen molar-refractivity contribution in [1.82, 2.24) is 9.97 Å². The lowest BCUT2D eigenvalue weighted by Crippen LogP contribution is -2.24. The summed E-state index contributed by atoms with van der Waals surface area (Å²) in [5.74, 6) is 0.242. The lowest BCUT2D eigenvalue weighted by atomic mass is 10.2. The summed E-state index contributed by atoms with van der Waals surface area (Å²) >= 11 is 0. The first-order chi connectivity index (χ1) is 7.38. The third-order valence-corrected chi connectivity index (χ3v) is 1.52. The van der Waals surface area contributed by atoms with Crippen LogP contribution in [0.2, 0.25) is 0 Å². The Kier molecular flexibility index (Phi) is 3.65. The van der Waals surface area contributed by atoms with Crippen molar-refractivity contribution in [2.45, 2.75) is 33.0 Å². The Morgan fingerprint density at radius 1 is 1.38 bits per heavy atom. The zero-order valence-corrected chi connectivity index (χ0v) is 9.56. The van der Waals surface area contributed by atoms with Gasteiger partial charge in [-0.1, -0.05) is 0 Å². The summed E-state index contributed by atoms with van der Waals surface area (Å²) < 4.78 is 9.79. The molecule has 2 N–H and O–H groups in total. The minimum Gasteiger partial charge on any atom is -0.429 e. The highest BCUT2D eigenvalue weighted by Gasteiger charge is 2.17. The predicted molar refractivity (Wildman–Crippen MR) is 57.5 cm³/mol. The number of anilines is 1. The molecule has 1 heterocycles. The van der Waals surface area contributed by atoms with Crippen LogP contribution in [0.4, 0.5) is 10.6 Å². The van der Waals surface area contributed by atoms with E-state index in [-0.39, 0.29) is 12.4 Å². The zero-order chi connectivity index (χ0) is 12.2. The average molecular weight is 225 g/mol. The summed E-state index contributed by atoms with van der Waals surface area (Å²) in [7, 11) is 0. The Hall–Kier alpha value is -1.85. The number of nitrogens with two attached hydrogens (primary N) is 1. The summed E-state index contributed by atoms with van der Waals surface area (Å²) in [4.78, 5) is 19.0. The Labute approximate surface area is 93.8 Å². The van der Waals surface area contributed by atoms with E-state index >= 15 is 0 Å². The lowest BCUT2D eigenvalue weighted by molar-refractivity contribution is -0.0112. The van der Waals surface area contributed by atoms with Crippen LogP contribution in [-0.4, -0.2) is 21.7 Å². The highest BCUT2D eigenvalue weighted by atomic mass is 16.7. The molecule has 16 heavy (non-hydrogen) atoms. The van der Waals surface area contributed by atoms with E-state index in [1.54, 1.807) is 20.8 Å². The third-order valence-electron chi connectivity index (χ3n) is 1.52. The molecule has 1 rings (SSSR count). The number of ether oxygens (including phenoxy) is 2. The number of carbonyl (C=O) groups excluding carboxylic acids is 1. The largest absolute Gasteiger partial charge is 0.509 e. The third kappa shape index (κ3) is 4.12. The molecular formula is C10H15N3O3. The molecule has 6 nitrogen and oxygen atoms in total. The molecule has 0 aliphatic heterocycles. The van der Waals surface area contributed by atoms with Crippen LogP contribution in [0.15, 0.2) is 12.4 Å². The molecule has 1 aromatic rings. The van der Waals surface area contributed by atoms with Gasteiger partial charge in [-0.25, -0.2) is 9.78 Å². The van der Waals surface area contributed by atoms with Crippen LogP contribution in [0, 0.1) is 0 Å². The molecule has 0 unspecified atom stereocenters. The summed E-state index contributed by atoms with van der Waals surface area (Å²) in [6.07, 6.45) is 2.19. The Morgan fingerprint density at radius 3 is 2.56 bits per heavy atom. The van der Waals surface area contributed by atoms with Gasteiger partial charge in [-0.05, 0) is 20.8 Å². The molecule has 0 radical (unpaired) electrons. The van der Waals surface area contributed by atoms with Crippen molar-refractivity contribution in [1.29, 1.82) is 0 Å². The van der Waals surface area contributed by atoms with Gasteiger partial charge in [0, 0.05) is 12.4 Å². The van der Waals surface area contributed by atoms with Gasteiger partial charge in [-0.3, -0.25) is 4.98 Å². The normalized spacial score (nSPS) is 10.9. The number of hydrogen-bond acceptors (Lipinski definition) is 6. The van der Waals surface area contributed by atoms with E-state index in [4.69, 9.17) is 15.2 Å². The van der Waals surface area contributed by atoms with E-state index in [1.807, 2.05) is 0 Å². The fraction of sp³-hybridized carbons (Fsp3) is 0.500. The number of hydrogen-bond donors (Lipinski definition) is 1. The Bertz CT molecular complexity index is 374. The Morgan fingerprint density at radius 2 is 2.00 bits per heavy atom. The fourth-order valence-electron chi connectivity index (χ4n) is 0.896. The number of carbonyl (C=O) groups is 1. The summed E-state index contributed by atoms with van der Waals surface area (Å²) in [6, 6.07) is 0. The standard InChI is InChI=1S/C10H15N3O3/c1-10(2,3)16-9(14)15-6-7-8(11)13-5-4-12-7/h4-5H,6H2,1-3H3,(H2,11,13). The van der Waals surface area contributed by atoms with Gasteiger partial charge in [0.05, 0.1) is 0 Å². The van der Waals surface area contributed by atoms with E-state index in [0.29, 0.717) is 5.69 Å². The Balaban J connectivity index is 2.47. The predicted octanol–water partition coefficient (Wildman–Crippen LogP) is 1.51. The van der Waals surface area contributed by atoms with Crippen molar-refractivity contribution < 1.29 is 14.3 Å². The molecule has 0 aliphatic carbocycles. The van der Waals surface area contributed by atoms with Gasteiger partial charge in [-0.15, -0.1) is 0 Å². The van der Waals surface area contributed by atoms with E-state index in [9.17, 15) is 4.79 Å². The topological polar surface area (TPSA) is 87.3 Å². The molecule has 0 atom stereocenters. The van der Waals surface area contributed by atoms with Crippen LogP contribution in [-0.2, 0) is 16.1 Å². The second kappa shape index (κ2) is 4.78. The number of rotatable bonds is 2. The van der Waals surface area contributed by atoms with Crippen molar-refractivity contribution in [2.24, 2.45) is 0 Å². The number of nitrogen functional groups attached to an aromatic ring is 1. The van der Waals surface area contributed by atoms with Crippen LogP contribution in [0.25, 0.3) is 0 Å². The monoisotopic (exact) mass is 225 g/mol.